The fourth-order valence-electron chi connectivity index (χ4n) is 1.84. The van der Waals surface area contributed by atoms with Gasteiger partial charge in [-0.1, -0.05) is 60.0 Å². The molecule has 1 N–H and O–H groups in total. The number of halogens is 2. The molecule has 0 saturated heterocycles. The van der Waals surface area contributed by atoms with Gasteiger partial charge in [-0.2, -0.15) is 0 Å². The summed E-state index contributed by atoms with van der Waals surface area (Å²) in [6.45, 7) is 0. The van der Waals surface area contributed by atoms with Gasteiger partial charge in [-0.05, 0) is 12.1 Å². The maximum atomic E-state index is 12.5. The minimum absolute atomic E-state index is 0. The number of ketones is 1. The van der Waals surface area contributed by atoms with Crippen molar-refractivity contribution in [3.63, 3.8) is 0 Å². The van der Waals surface area contributed by atoms with Crippen LogP contribution in [0.25, 0.3) is 0 Å². The summed E-state index contributed by atoms with van der Waals surface area (Å²) < 4.78 is 0. The van der Waals surface area contributed by atoms with Crippen molar-refractivity contribution in [2.24, 2.45) is 0 Å². The van der Waals surface area contributed by atoms with Crippen molar-refractivity contribution in [3.05, 3.63) is 71.1 Å². The molecule has 1 amide bonds. The Hall–Kier alpha value is -1.12. The molecule has 122 valence electrons. The second-order valence-corrected chi connectivity index (χ2v) is 5.19. The molecule has 0 bridgehead atoms. The molecule has 0 atom stereocenters. The first-order valence-electron chi connectivity index (χ1n) is 6.26. The van der Waals surface area contributed by atoms with Crippen LogP contribution in [0.1, 0.15) is 22.3 Å². The van der Waals surface area contributed by atoms with E-state index in [1.807, 2.05) is 0 Å². The Kier molecular flexibility index (Phi) is 10.2. The number of amides is 1. The van der Waals surface area contributed by atoms with E-state index in [9.17, 15) is 14.4 Å². The molecule has 2 rings (SSSR count). The molecule has 0 unspecified atom stereocenters. The molecule has 0 fully saturated rings. The standard InChI is InChI=1S/C16H10Cl2NO3.CH3.U/c17-12-8-11(16(22)10-4-2-1-3-5-10)14(9-13(12)18)19-15(21)6-7-20;;/h1-5,8-9H,6H2,(H,19,21);1H3;/q2*-1;+2. The van der Waals surface area contributed by atoms with Gasteiger partial charge in [0.25, 0.3) is 0 Å². The van der Waals surface area contributed by atoms with Gasteiger partial charge in [0.1, 0.15) is 0 Å². The molecular formula is C17H13Cl2NO3U. The zero-order valence-electron chi connectivity index (χ0n) is 12.7. The van der Waals surface area contributed by atoms with E-state index < -0.39 is 12.3 Å². The third kappa shape index (κ3) is 5.75. The molecule has 2 aromatic carbocycles. The van der Waals surface area contributed by atoms with Gasteiger partial charge in [0.05, 0.1) is 15.7 Å². The number of rotatable bonds is 5. The monoisotopic (exact) mass is 587 g/mol. The third-order valence-corrected chi connectivity index (χ3v) is 3.57. The Morgan fingerprint density at radius 3 is 2.21 bits per heavy atom. The molecule has 0 spiro atoms. The summed E-state index contributed by atoms with van der Waals surface area (Å²) in [6.07, 6.45) is 1.06. The third-order valence-electron chi connectivity index (χ3n) is 2.85. The SMILES string of the molecule is O=[C-]CC(=O)Nc1cc(Cl)c(Cl)cc1C(=O)c1ccccc1.[CH3-].[U+2]. The molecule has 0 heterocycles. The average Bonchev–Trinajstić information content (AvgIpc) is 2.51. The molecular weight excluding hydrogens is 575 g/mol. The van der Waals surface area contributed by atoms with Crippen LogP contribution in [0, 0.1) is 38.5 Å². The second kappa shape index (κ2) is 10.7. The number of carbonyl (C=O) groups excluding carboxylic acids is 3. The van der Waals surface area contributed by atoms with E-state index in [2.05, 4.69) is 5.32 Å². The Balaban J connectivity index is 0.00000264. The van der Waals surface area contributed by atoms with Crippen LogP contribution in [0.2, 0.25) is 10.0 Å². The quantitative estimate of drug-likeness (QED) is 0.325. The summed E-state index contributed by atoms with van der Waals surface area (Å²) in [5, 5.41) is 2.85. The number of hydrogen-bond acceptors (Lipinski definition) is 3. The van der Waals surface area contributed by atoms with E-state index in [1.54, 1.807) is 30.3 Å². The van der Waals surface area contributed by atoms with Crippen LogP contribution in [0.5, 0.6) is 0 Å². The number of anilines is 1. The smallest absolute Gasteiger partial charge is 0.541 e. The van der Waals surface area contributed by atoms with Crippen LogP contribution in [0.4, 0.5) is 5.69 Å². The normalized spacial score (nSPS) is 9.25. The van der Waals surface area contributed by atoms with Crippen molar-refractivity contribution in [2.45, 2.75) is 6.42 Å². The first-order valence-corrected chi connectivity index (χ1v) is 7.02. The van der Waals surface area contributed by atoms with Crippen molar-refractivity contribution < 1.29 is 45.5 Å². The van der Waals surface area contributed by atoms with Crippen LogP contribution in [-0.2, 0) is 9.59 Å². The van der Waals surface area contributed by atoms with Crippen molar-refractivity contribution in [1.29, 1.82) is 0 Å². The molecule has 0 aliphatic heterocycles. The van der Waals surface area contributed by atoms with Crippen LogP contribution >= 0.6 is 23.2 Å². The number of hydrogen-bond donors (Lipinski definition) is 1. The van der Waals surface area contributed by atoms with Gasteiger partial charge < -0.3 is 17.5 Å². The van der Waals surface area contributed by atoms with E-state index >= 15 is 0 Å². The zero-order valence-corrected chi connectivity index (χ0v) is 18.4. The van der Waals surface area contributed by atoms with Crippen molar-refractivity contribution in [2.75, 3.05) is 5.32 Å². The summed E-state index contributed by atoms with van der Waals surface area (Å²) in [7, 11) is 0. The molecule has 0 radical (unpaired) electrons. The number of carbonyl (C=O) groups is 2. The molecule has 0 aliphatic carbocycles. The van der Waals surface area contributed by atoms with E-state index in [1.165, 1.54) is 18.4 Å². The first-order chi connectivity index (χ1) is 10.5. The van der Waals surface area contributed by atoms with E-state index in [4.69, 9.17) is 23.2 Å². The fourth-order valence-corrected chi connectivity index (χ4v) is 2.17. The van der Waals surface area contributed by atoms with Crippen LogP contribution < -0.4 is 5.32 Å². The van der Waals surface area contributed by atoms with Gasteiger partial charge in [-0.15, -0.1) is 0 Å². The Morgan fingerprint density at radius 1 is 1.04 bits per heavy atom. The van der Waals surface area contributed by atoms with Crippen molar-refractivity contribution in [1.82, 2.24) is 0 Å². The topological polar surface area (TPSA) is 63.2 Å². The van der Waals surface area contributed by atoms with Gasteiger partial charge in [0, 0.05) is 11.1 Å². The van der Waals surface area contributed by atoms with Gasteiger partial charge in [-0.25, -0.2) is 0 Å². The molecule has 2 aromatic rings. The van der Waals surface area contributed by atoms with Crippen LogP contribution in [-0.4, -0.2) is 18.0 Å². The van der Waals surface area contributed by atoms with E-state index in [0.717, 1.165) is 0 Å². The fraction of sp³-hybridized carbons (Fsp3) is 0.0588. The largest absolute Gasteiger partial charge is 2.00 e. The molecule has 0 saturated carbocycles. The summed E-state index contributed by atoms with van der Waals surface area (Å²) >= 11 is 11.9. The predicted molar refractivity (Wildman–Crippen MR) is 91.7 cm³/mol. The average molecular weight is 588 g/mol. The summed E-state index contributed by atoms with van der Waals surface area (Å²) in [5.41, 5.74) is 0.835. The van der Waals surface area contributed by atoms with Gasteiger partial charge in [0.2, 0.25) is 0 Å². The molecule has 7 heteroatoms. The van der Waals surface area contributed by atoms with Crippen LogP contribution in [0.15, 0.2) is 42.5 Å². The maximum absolute atomic E-state index is 12.5. The summed E-state index contributed by atoms with van der Waals surface area (Å²) in [4.78, 5) is 34.4. The zero-order chi connectivity index (χ0) is 16.1. The van der Waals surface area contributed by atoms with Crippen molar-refractivity contribution in [3.8, 4) is 0 Å². The Labute approximate surface area is 174 Å². The second-order valence-electron chi connectivity index (χ2n) is 4.38. The van der Waals surface area contributed by atoms with Gasteiger partial charge in [-0.3, -0.25) is 15.9 Å². The minimum atomic E-state index is -0.587. The summed E-state index contributed by atoms with van der Waals surface area (Å²) in [5.74, 6) is -0.903. The Bertz CT molecular complexity index is 736. The van der Waals surface area contributed by atoms with Gasteiger partial charge >= 0.3 is 31.1 Å². The maximum Gasteiger partial charge on any atom is 2.00 e. The number of nitrogens with one attached hydrogen (secondary N) is 1. The molecule has 24 heavy (non-hydrogen) atoms. The molecule has 4 nitrogen and oxygen atoms in total. The van der Waals surface area contributed by atoms with Crippen molar-refractivity contribution >= 4 is 46.9 Å². The minimum Gasteiger partial charge on any atom is -0.541 e. The predicted octanol–water partition coefficient (Wildman–Crippen LogP) is 4.11. The Morgan fingerprint density at radius 2 is 1.62 bits per heavy atom. The number of benzene rings is 2. The summed E-state index contributed by atoms with van der Waals surface area (Å²) in [6, 6.07) is 11.3. The van der Waals surface area contributed by atoms with Gasteiger partial charge in [0.15, 0.2) is 11.7 Å². The first kappa shape index (κ1) is 22.9. The van der Waals surface area contributed by atoms with E-state index in [0.29, 0.717) is 5.56 Å². The van der Waals surface area contributed by atoms with E-state index in [-0.39, 0.29) is 65.6 Å². The van der Waals surface area contributed by atoms with Crippen LogP contribution in [0.3, 0.4) is 0 Å². The molecule has 0 aliphatic rings. The molecule has 0 aromatic heterocycles.